The molecular formula is C17H21N3O2. The highest BCUT2D eigenvalue weighted by Crippen LogP contribution is 2.29. The number of aryl methyl sites for hydroxylation is 1. The molecule has 3 rings (SSSR count). The van der Waals surface area contributed by atoms with Crippen LogP contribution in [0.1, 0.15) is 18.2 Å². The predicted molar refractivity (Wildman–Crippen MR) is 83.2 cm³/mol. The van der Waals surface area contributed by atoms with Crippen LogP contribution < -0.4 is 0 Å². The second-order valence-corrected chi connectivity index (χ2v) is 5.92. The maximum absolute atomic E-state index is 12.5. The molecular weight excluding hydrogens is 278 g/mol. The van der Waals surface area contributed by atoms with Crippen molar-refractivity contribution in [2.24, 2.45) is 7.05 Å². The zero-order valence-corrected chi connectivity index (χ0v) is 13.0. The van der Waals surface area contributed by atoms with Crippen molar-refractivity contribution >= 4 is 5.91 Å². The number of ether oxygens (including phenoxy) is 1. The van der Waals surface area contributed by atoms with Gasteiger partial charge in [0.15, 0.2) is 0 Å². The van der Waals surface area contributed by atoms with E-state index in [1.807, 2.05) is 61.5 Å². The molecule has 1 aliphatic rings. The van der Waals surface area contributed by atoms with Gasteiger partial charge in [-0.2, -0.15) is 5.10 Å². The molecule has 5 nitrogen and oxygen atoms in total. The fourth-order valence-electron chi connectivity index (χ4n) is 2.87. The lowest BCUT2D eigenvalue weighted by atomic mass is 9.93. The lowest BCUT2D eigenvalue weighted by Gasteiger charge is -2.40. The lowest BCUT2D eigenvalue weighted by Crippen LogP contribution is -2.50. The van der Waals surface area contributed by atoms with Crippen molar-refractivity contribution in [3.8, 4) is 0 Å². The number of carbonyl (C=O) groups excluding carboxylic acids is 1. The molecule has 1 saturated heterocycles. The third-order valence-corrected chi connectivity index (χ3v) is 4.11. The number of benzene rings is 1. The second-order valence-electron chi connectivity index (χ2n) is 5.92. The van der Waals surface area contributed by atoms with Gasteiger partial charge in [-0.25, -0.2) is 0 Å². The first-order chi connectivity index (χ1) is 10.6. The molecule has 1 fully saturated rings. The molecule has 116 valence electrons. The van der Waals surface area contributed by atoms with E-state index in [0.29, 0.717) is 26.1 Å². The van der Waals surface area contributed by atoms with Crippen molar-refractivity contribution in [1.29, 1.82) is 0 Å². The third-order valence-electron chi connectivity index (χ3n) is 4.11. The van der Waals surface area contributed by atoms with E-state index >= 15 is 0 Å². The molecule has 0 bridgehead atoms. The molecule has 0 spiro atoms. The van der Waals surface area contributed by atoms with Crippen molar-refractivity contribution in [2.75, 3.05) is 19.7 Å². The minimum absolute atomic E-state index is 0.101. The van der Waals surface area contributed by atoms with E-state index in [1.165, 1.54) is 0 Å². The van der Waals surface area contributed by atoms with E-state index in [0.717, 1.165) is 11.3 Å². The Balaban J connectivity index is 1.71. The largest absolute Gasteiger partial charge is 0.367 e. The van der Waals surface area contributed by atoms with Crippen LogP contribution in [0.2, 0.25) is 0 Å². The van der Waals surface area contributed by atoms with Gasteiger partial charge in [0.05, 0.1) is 25.3 Å². The summed E-state index contributed by atoms with van der Waals surface area (Å²) >= 11 is 0. The van der Waals surface area contributed by atoms with Crippen LogP contribution in [0.5, 0.6) is 0 Å². The van der Waals surface area contributed by atoms with Crippen molar-refractivity contribution in [2.45, 2.75) is 18.9 Å². The van der Waals surface area contributed by atoms with Crippen molar-refractivity contribution in [3.63, 3.8) is 0 Å². The highest BCUT2D eigenvalue weighted by molar-refractivity contribution is 5.78. The second kappa shape index (κ2) is 5.93. The number of aromatic nitrogens is 2. The van der Waals surface area contributed by atoms with Gasteiger partial charge in [-0.3, -0.25) is 9.48 Å². The highest BCUT2D eigenvalue weighted by Gasteiger charge is 2.35. The van der Waals surface area contributed by atoms with E-state index in [-0.39, 0.29) is 5.91 Å². The number of hydrogen-bond donors (Lipinski definition) is 0. The normalized spacial score (nSPS) is 21.8. The number of hydrogen-bond acceptors (Lipinski definition) is 3. The van der Waals surface area contributed by atoms with Gasteiger partial charge in [-0.15, -0.1) is 0 Å². The van der Waals surface area contributed by atoms with Gasteiger partial charge in [-0.05, 0) is 18.6 Å². The summed E-state index contributed by atoms with van der Waals surface area (Å²) in [6.07, 6.45) is 2.20. The molecule has 2 aromatic rings. The first kappa shape index (κ1) is 14.8. The summed E-state index contributed by atoms with van der Waals surface area (Å²) in [4.78, 5) is 14.4. The molecule has 1 aromatic heterocycles. The van der Waals surface area contributed by atoms with Crippen LogP contribution in [0, 0.1) is 0 Å². The van der Waals surface area contributed by atoms with Gasteiger partial charge in [-0.1, -0.05) is 30.3 Å². The number of carbonyl (C=O) groups is 1. The molecule has 1 unspecified atom stereocenters. The smallest absolute Gasteiger partial charge is 0.228 e. The summed E-state index contributed by atoms with van der Waals surface area (Å²) in [5, 5.41) is 4.28. The summed E-state index contributed by atoms with van der Waals surface area (Å²) in [5.74, 6) is 0.101. The SMILES string of the molecule is Cn1ccc(CC(=O)N2CCOC(C)(c3ccccc3)C2)n1. The Morgan fingerprint density at radius 2 is 2.09 bits per heavy atom. The maximum atomic E-state index is 12.5. The highest BCUT2D eigenvalue weighted by atomic mass is 16.5. The van der Waals surface area contributed by atoms with Crippen molar-refractivity contribution in [3.05, 3.63) is 53.9 Å². The Bertz CT molecular complexity index is 653. The fraction of sp³-hybridized carbons (Fsp3) is 0.412. The van der Waals surface area contributed by atoms with Gasteiger partial charge in [0, 0.05) is 19.8 Å². The summed E-state index contributed by atoms with van der Waals surface area (Å²) in [5.41, 5.74) is 1.46. The molecule has 0 N–H and O–H groups in total. The van der Waals surface area contributed by atoms with Crippen LogP contribution in [0.3, 0.4) is 0 Å². The molecule has 0 aliphatic carbocycles. The minimum Gasteiger partial charge on any atom is -0.367 e. The standard InChI is InChI=1S/C17H21N3O2/c1-17(14-6-4-3-5-7-14)13-20(10-11-22-17)16(21)12-15-8-9-19(2)18-15/h3-9H,10-13H2,1-2H3. The number of nitrogens with zero attached hydrogens (tertiary/aromatic N) is 3. The van der Waals surface area contributed by atoms with Crippen LogP contribution >= 0.6 is 0 Å². The molecule has 0 radical (unpaired) electrons. The van der Waals surface area contributed by atoms with E-state index in [1.54, 1.807) is 4.68 Å². The van der Waals surface area contributed by atoms with Crippen LogP contribution in [0.25, 0.3) is 0 Å². The summed E-state index contributed by atoms with van der Waals surface area (Å²) < 4.78 is 7.69. The topological polar surface area (TPSA) is 47.4 Å². The van der Waals surface area contributed by atoms with Crippen molar-refractivity contribution < 1.29 is 9.53 Å². The van der Waals surface area contributed by atoms with Gasteiger partial charge < -0.3 is 9.64 Å². The van der Waals surface area contributed by atoms with Gasteiger partial charge >= 0.3 is 0 Å². The van der Waals surface area contributed by atoms with E-state index < -0.39 is 5.60 Å². The summed E-state index contributed by atoms with van der Waals surface area (Å²) in [6, 6.07) is 12.0. The van der Waals surface area contributed by atoms with Gasteiger partial charge in [0.25, 0.3) is 0 Å². The molecule has 5 heteroatoms. The Morgan fingerprint density at radius 3 is 2.77 bits per heavy atom. The van der Waals surface area contributed by atoms with E-state index in [4.69, 9.17) is 4.74 Å². The van der Waals surface area contributed by atoms with Crippen LogP contribution in [0.4, 0.5) is 0 Å². The Hall–Kier alpha value is -2.14. The first-order valence-corrected chi connectivity index (χ1v) is 7.53. The third kappa shape index (κ3) is 3.04. The van der Waals surface area contributed by atoms with Crippen LogP contribution in [-0.2, 0) is 28.6 Å². The summed E-state index contributed by atoms with van der Waals surface area (Å²) in [7, 11) is 1.86. The zero-order valence-electron chi connectivity index (χ0n) is 13.0. The average molecular weight is 299 g/mol. The summed E-state index contributed by atoms with van der Waals surface area (Å²) in [6.45, 7) is 3.80. The molecule has 1 atom stereocenters. The van der Waals surface area contributed by atoms with E-state index in [2.05, 4.69) is 5.10 Å². The number of rotatable bonds is 3. The quantitative estimate of drug-likeness (QED) is 0.867. The van der Waals surface area contributed by atoms with Crippen LogP contribution in [0.15, 0.2) is 42.6 Å². The Kier molecular flexibility index (Phi) is 3.98. The predicted octanol–water partition coefficient (Wildman–Crippen LogP) is 1.74. The van der Waals surface area contributed by atoms with Crippen molar-refractivity contribution in [1.82, 2.24) is 14.7 Å². The van der Waals surface area contributed by atoms with Gasteiger partial charge in [0.2, 0.25) is 5.91 Å². The zero-order chi connectivity index (χ0) is 15.6. The molecule has 22 heavy (non-hydrogen) atoms. The maximum Gasteiger partial charge on any atom is 0.228 e. The molecule has 1 aliphatic heterocycles. The van der Waals surface area contributed by atoms with Gasteiger partial charge in [0.1, 0.15) is 5.60 Å². The molecule has 2 heterocycles. The molecule has 0 saturated carbocycles. The number of morpholine rings is 1. The first-order valence-electron chi connectivity index (χ1n) is 7.53. The molecule has 1 aromatic carbocycles. The Labute approximate surface area is 130 Å². The molecule has 1 amide bonds. The lowest BCUT2D eigenvalue weighted by molar-refractivity contribution is -0.149. The number of amides is 1. The Morgan fingerprint density at radius 1 is 1.32 bits per heavy atom. The van der Waals surface area contributed by atoms with Crippen LogP contribution in [-0.4, -0.2) is 40.3 Å². The average Bonchev–Trinajstić information content (AvgIpc) is 2.93. The fourth-order valence-corrected chi connectivity index (χ4v) is 2.87. The van der Waals surface area contributed by atoms with E-state index in [9.17, 15) is 4.79 Å². The minimum atomic E-state index is -0.445. The monoisotopic (exact) mass is 299 g/mol.